The predicted molar refractivity (Wildman–Crippen MR) is 117 cm³/mol. The molecule has 3 rings (SSSR count). The van der Waals surface area contributed by atoms with E-state index in [0.29, 0.717) is 35.7 Å². The number of hydrogen-bond donors (Lipinski definition) is 2. The number of anilines is 1. The van der Waals surface area contributed by atoms with Crippen LogP contribution in [0, 0.1) is 13.8 Å². The van der Waals surface area contributed by atoms with E-state index in [1.165, 1.54) is 18.1 Å². The molecule has 0 aliphatic heterocycles. The Balaban J connectivity index is 1.77. The number of amides is 2. The van der Waals surface area contributed by atoms with E-state index in [0.717, 1.165) is 11.3 Å². The minimum absolute atomic E-state index is 0.0706. The van der Waals surface area contributed by atoms with E-state index in [1.54, 1.807) is 22.7 Å². The van der Waals surface area contributed by atoms with Gasteiger partial charge in [0.25, 0.3) is 5.56 Å². The van der Waals surface area contributed by atoms with Crippen molar-refractivity contribution in [2.45, 2.75) is 33.6 Å². The molecule has 0 bridgehead atoms. The molecule has 0 unspecified atom stereocenters. The Labute approximate surface area is 180 Å². The van der Waals surface area contributed by atoms with Gasteiger partial charge in [-0.3, -0.25) is 19.5 Å². The average Bonchev–Trinajstić information content (AvgIpc) is 3.11. The number of nitrogens with zero attached hydrogens (tertiary/aromatic N) is 3. The summed E-state index contributed by atoms with van der Waals surface area (Å²) in [6, 6.07) is 8.53. The van der Waals surface area contributed by atoms with Crippen molar-refractivity contribution in [3.63, 3.8) is 0 Å². The van der Waals surface area contributed by atoms with Crippen LogP contribution < -0.4 is 15.6 Å². The highest BCUT2D eigenvalue weighted by atomic mass is 16.5. The van der Waals surface area contributed by atoms with E-state index in [9.17, 15) is 14.4 Å². The van der Waals surface area contributed by atoms with Gasteiger partial charge in [0.05, 0.1) is 25.8 Å². The second kappa shape index (κ2) is 9.46. The van der Waals surface area contributed by atoms with Crippen molar-refractivity contribution in [1.82, 2.24) is 19.5 Å². The highest BCUT2D eigenvalue weighted by Gasteiger charge is 2.21. The van der Waals surface area contributed by atoms with Crippen LogP contribution in [0.3, 0.4) is 0 Å². The predicted octanol–water partition coefficient (Wildman–Crippen LogP) is 2.07. The third kappa shape index (κ3) is 4.93. The summed E-state index contributed by atoms with van der Waals surface area (Å²) in [6.45, 7) is 5.97. The SMILES string of the molecule is CCCN(CC(=O)Nc1ccccc1OC)C(=O)Cc1c(C)nc2cc(=O)[nH]n2c1C. The van der Waals surface area contributed by atoms with Crippen molar-refractivity contribution in [3.05, 3.63) is 57.6 Å². The van der Waals surface area contributed by atoms with E-state index in [-0.39, 0.29) is 30.3 Å². The van der Waals surface area contributed by atoms with Gasteiger partial charge < -0.3 is 15.0 Å². The molecule has 3 aromatic rings. The third-order valence-electron chi connectivity index (χ3n) is 5.09. The minimum atomic E-state index is -0.303. The monoisotopic (exact) mass is 425 g/mol. The third-order valence-corrected chi connectivity index (χ3v) is 5.09. The molecular formula is C22H27N5O4. The van der Waals surface area contributed by atoms with Gasteiger partial charge in [0.15, 0.2) is 5.65 Å². The molecule has 164 valence electrons. The summed E-state index contributed by atoms with van der Waals surface area (Å²) in [6.07, 6.45) is 0.802. The molecule has 0 aliphatic carbocycles. The Kier molecular flexibility index (Phi) is 6.74. The lowest BCUT2D eigenvalue weighted by Gasteiger charge is -2.23. The maximum absolute atomic E-state index is 13.1. The molecule has 9 nitrogen and oxygen atoms in total. The zero-order valence-electron chi connectivity index (χ0n) is 18.2. The van der Waals surface area contributed by atoms with Gasteiger partial charge in [-0.15, -0.1) is 0 Å². The van der Waals surface area contributed by atoms with E-state index in [4.69, 9.17) is 4.74 Å². The number of fused-ring (bicyclic) bond motifs is 1. The Morgan fingerprint density at radius 3 is 2.71 bits per heavy atom. The van der Waals surface area contributed by atoms with Crippen LogP contribution in [0.5, 0.6) is 5.75 Å². The fraction of sp³-hybridized carbons (Fsp3) is 0.364. The number of aromatic nitrogens is 3. The summed E-state index contributed by atoms with van der Waals surface area (Å²) >= 11 is 0. The number of hydrogen-bond acceptors (Lipinski definition) is 5. The molecule has 31 heavy (non-hydrogen) atoms. The Morgan fingerprint density at radius 2 is 2.00 bits per heavy atom. The highest BCUT2D eigenvalue weighted by Crippen LogP contribution is 2.23. The summed E-state index contributed by atoms with van der Waals surface area (Å²) in [7, 11) is 1.53. The largest absolute Gasteiger partial charge is 0.495 e. The maximum Gasteiger partial charge on any atom is 0.266 e. The van der Waals surface area contributed by atoms with Gasteiger partial charge >= 0.3 is 0 Å². The summed E-state index contributed by atoms with van der Waals surface area (Å²) < 4.78 is 6.84. The number of nitrogens with one attached hydrogen (secondary N) is 2. The molecule has 2 N–H and O–H groups in total. The van der Waals surface area contributed by atoms with Crippen molar-refractivity contribution in [1.29, 1.82) is 0 Å². The number of ether oxygens (including phenoxy) is 1. The van der Waals surface area contributed by atoms with Crippen LogP contribution in [-0.4, -0.2) is 51.5 Å². The summed E-state index contributed by atoms with van der Waals surface area (Å²) in [4.78, 5) is 43.3. The summed E-state index contributed by atoms with van der Waals surface area (Å²) in [5, 5.41) is 5.49. The molecule has 0 aliphatic rings. The van der Waals surface area contributed by atoms with Gasteiger partial charge in [0, 0.05) is 29.6 Å². The molecule has 0 saturated carbocycles. The standard InChI is InChI=1S/C22H27N5O4/c1-5-10-26(13-21(29)24-17-8-6-7-9-18(17)31-4)22(30)11-16-14(2)23-19-12-20(28)25-27(19)15(16)3/h6-9,12H,5,10-11,13H2,1-4H3,(H,24,29)(H,25,28). The first-order valence-corrected chi connectivity index (χ1v) is 10.1. The first kappa shape index (κ1) is 22.1. The van der Waals surface area contributed by atoms with Crippen LogP contribution in [-0.2, 0) is 16.0 Å². The maximum atomic E-state index is 13.1. The normalized spacial score (nSPS) is 10.8. The molecule has 2 aromatic heterocycles. The van der Waals surface area contributed by atoms with Crippen LogP contribution in [0.2, 0.25) is 0 Å². The van der Waals surface area contributed by atoms with E-state index >= 15 is 0 Å². The van der Waals surface area contributed by atoms with Crippen LogP contribution >= 0.6 is 0 Å². The van der Waals surface area contributed by atoms with E-state index < -0.39 is 0 Å². The number of carbonyl (C=O) groups excluding carboxylic acids is 2. The van der Waals surface area contributed by atoms with Gasteiger partial charge in [-0.1, -0.05) is 19.1 Å². The molecule has 9 heteroatoms. The molecule has 0 radical (unpaired) electrons. The molecule has 0 saturated heterocycles. The van der Waals surface area contributed by atoms with E-state index in [2.05, 4.69) is 15.4 Å². The molecule has 0 fully saturated rings. The van der Waals surface area contributed by atoms with Crippen LogP contribution in [0.25, 0.3) is 5.65 Å². The zero-order chi connectivity index (χ0) is 22.5. The second-order valence-electron chi connectivity index (χ2n) is 7.32. The van der Waals surface area contributed by atoms with Crippen LogP contribution in [0.1, 0.15) is 30.3 Å². The van der Waals surface area contributed by atoms with E-state index in [1.807, 2.05) is 26.8 Å². The molecule has 1 aromatic carbocycles. The number of aryl methyl sites for hydroxylation is 2. The number of benzene rings is 1. The van der Waals surface area contributed by atoms with Crippen molar-refractivity contribution in [2.24, 2.45) is 0 Å². The molecule has 0 spiro atoms. The minimum Gasteiger partial charge on any atom is -0.495 e. The second-order valence-corrected chi connectivity index (χ2v) is 7.32. The van der Waals surface area contributed by atoms with Gasteiger partial charge in [0.2, 0.25) is 11.8 Å². The molecule has 0 atom stereocenters. The number of aromatic amines is 1. The van der Waals surface area contributed by atoms with Crippen molar-refractivity contribution < 1.29 is 14.3 Å². The zero-order valence-corrected chi connectivity index (χ0v) is 18.2. The first-order chi connectivity index (χ1) is 14.8. The smallest absolute Gasteiger partial charge is 0.266 e. The number of H-pyrrole nitrogens is 1. The number of para-hydroxylation sites is 2. The molecule has 2 amide bonds. The number of rotatable bonds is 8. The molecular weight excluding hydrogens is 398 g/mol. The molecule has 2 heterocycles. The Hall–Kier alpha value is -3.62. The quantitative estimate of drug-likeness (QED) is 0.574. The van der Waals surface area contributed by atoms with Crippen molar-refractivity contribution >= 4 is 23.1 Å². The fourth-order valence-corrected chi connectivity index (χ4v) is 3.55. The summed E-state index contributed by atoms with van der Waals surface area (Å²) in [5.74, 6) is 0.0671. The van der Waals surface area contributed by atoms with Gasteiger partial charge in [-0.25, -0.2) is 9.50 Å². The van der Waals surface area contributed by atoms with Crippen molar-refractivity contribution in [2.75, 3.05) is 25.5 Å². The fourth-order valence-electron chi connectivity index (χ4n) is 3.55. The van der Waals surface area contributed by atoms with Crippen molar-refractivity contribution in [3.8, 4) is 5.75 Å². The van der Waals surface area contributed by atoms with Crippen LogP contribution in [0.4, 0.5) is 5.69 Å². The average molecular weight is 425 g/mol. The van der Waals surface area contributed by atoms with Gasteiger partial charge in [-0.05, 0) is 32.4 Å². The Bertz CT molecular complexity index is 1160. The van der Waals surface area contributed by atoms with Crippen LogP contribution in [0.15, 0.2) is 35.1 Å². The summed E-state index contributed by atoms with van der Waals surface area (Å²) in [5.41, 5.74) is 2.97. The van der Waals surface area contributed by atoms with Gasteiger partial charge in [-0.2, -0.15) is 0 Å². The number of carbonyl (C=O) groups is 2. The number of methoxy groups -OCH3 is 1. The lowest BCUT2D eigenvalue weighted by molar-refractivity contribution is -0.134. The lowest BCUT2D eigenvalue weighted by Crippen LogP contribution is -2.39. The van der Waals surface area contributed by atoms with Gasteiger partial charge in [0.1, 0.15) is 5.75 Å². The highest BCUT2D eigenvalue weighted by molar-refractivity contribution is 5.96. The topological polar surface area (TPSA) is 109 Å². The Morgan fingerprint density at radius 1 is 1.26 bits per heavy atom. The lowest BCUT2D eigenvalue weighted by atomic mass is 10.1. The first-order valence-electron chi connectivity index (χ1n) is 10.1.